The Morgan fingerprint density at radius 1 is 1.17 bits per heavy atom. The van der Waals surface area contributed by atoms with Gasteiger partial charge < -0.3 is 4.57 Å². The van der Waals surface area contributed by atoms with E-state index in [1.165, 1.54) is 10.6 Å². The molecule has 2 aromatic heterocycles. The molecule has 8 heteroatoms. The van der Waals surface area contributed by atoms with Gasteiger partial charge >= 0.3 is 0 Å². The minimum Gasteiger partial charge on any atom is -0.339 e. The van der Waals surface area contributed by atoms with Crippen LogP contribution in [0.3, 0.4) is 0 Å². The number of benzene rings is 1. The maximum atomic E-state index is 12.9. The summed E-state index contributed by atoms with van der Waals surface area (Å²) < 4.78 is 29.1. The highest BCUT2D eigenvalue weighted by atomic mass is 35.5. The van der Waals surface area contributed by atoms with E-state index in [-0.39, 0.29) is 10.9 Å². The largest absolute Gasteiger partial charge is 0.339 e. The molecule has 1 aliphatic rings. The molecule has 0 aliphatic carbocycles. The molecule has 3 heterocycles. The van der Waals surface area contributed by atoms with Gasteiger partial charge in [-0.2, -0.15) is 4.31 Å². The lowest BCUT2D eigenvalue weighted by molar-refractivity contribution is 0.311. The standard InChI is InChI=1S/C21H23ClN4O2S/c1-25-14-21(23-15-25)29(27,28)26-11-3-4-17(13-26)20-6-2-5-19(24-20)12-16-7-9-18(22)10-8-16/h2,5-10,14-15,17H,3-4,11-13H2,1H3/t17-/m1/s1. The third-order valence-corrected chi connectivity index (χ3v) is 7.22. The Morgan fingerprint density at radius 2 is 1.97 bits per heavy atom. The van der Waals surface area contributed by atoms with Crippen molar-refractivity contribution in [2.45, 2.75) is 30.2 Å². The number of aryl methyl sites for hydroxylation is 1. The van der Waals surface area contributed by atoms with Crippen LogP contribution in [-0.2, 0) is 23.5 Å². The zero-order valence-corrected chi connectivity index (χ0v) is 17.8. The monoisotopic (exact) mass is 430 g/mol. The topological polar surface area (TPSA) is 68.1 Å². The Labute approximate surface area is 176 Å². The van der Waals surface area contributed by atoms with E-state index >= 15 is 0 Å². The molecule has 29 heavy (non-hydrogen) atoms. The summed E-state index contributed by atoms with van der Waals surface area (Å²) in [6, 6.07) is 13.7. The van der Waals surface area contributed by atoms with Crippen LogP contribution in [0.1, 0.15) is 35.7 Å². The summed E-state index contributed by atoms with van der Waals surface area (Å²) in [5.74, 6) is 0.0763. The van der Waals surface area contributed by atoms with Crippen LogP contribution in [0.15, 0.2) is 60.0 Å². The minimum atomic E-state index is -3.58. The predicted octanol–water partition coefficient (Wildman–Crippen LogP) is 3.63. The van der Waals surface area contributed by atoms with Crippen LogP contribution in [0.2, 0.25) is 5.02 Å². The van der Waals surface area contributed by atoms with Crippen molar-refractivity contribution in [2.75, 3.05) is 13.1 Å². The third kappa shape index (κ3) is 4.52. The van der Waals surface area contributed by atoms with Gasteiger partial charge in [-0.05, 0) is 42.7 Å². The van der Waals surface area contributed by atoms with Crippen LogP contribution in [0.5, 0.6) is 0 Å². The Hall–Kier alpha value is -2.22. The van der Waals surface area contributed by atoms with Crippen molar-refractivity contribution < 1.29 is 8.42 Å². The number of hydrogen-bond donors (Lipinski definition) is 0. The maximum absolute atomic E-state index is 12.9. The van der Waals surface area contributed by atoms with Crippen molar-refractivity contribution >= 4 is 21.6 Å². The van der Waals surface area contributed by atoms with Crippen molar-refractivity contribution in [3.05, 3.63) is 77.0 Å². The van der Waals surface area contributed by atoms with Gasteiger partial charge in [0.1, 0.15) is 0 Å². The fourth-order valence-corrected chi connectivity index (χ4v) is 5.31. The van der Waals surface area contributed by atoms with Crippen LogP contribution in [0, 0.1) is 0 Å². The lowest BCUT2D eigenvalue weighted by Gasteiger charge is -2.31. The van der Waals surface area contributed by atoms with E-state index in [4.69, 9.17) is 16.6 Å². The molecular formula is C21H23ClN4O2S. The Bertz CT molecular complexity index is 1100. The Balaban J connectivity index is 1.52. The average molecular weight is 431 g/mol. The molecule has 0 radical (unpaired) electrons. The van der Waals surface area contributed by atoms with E-state index in [1.54, 1.807) is 17.8 Å². The second-order valence-corrected chi connectivity index (χ2v) is 9.76. The van der Waals surface area contributed by atoms with Gasteiger partial charge in [0.05, 0.1) is 6.33 Å². The number of hydrogen-bond acceptors (Lipinski definition) is 4. The molecule has 0 spiro atoms. The van der Waals surface area contributed by atoms with Crippen LogP contribution in [0.4, 0.5) is 0 Å². The van der Waals surface area contributed by atoms with Crippen LogP contribution in [0.25, 0.3) is 0 Å². The van der Waals surface area contributed by atoms with Crippen LogP contribution >= 0.6 is 11.6 Å². The molecule has 0 unspecified atom stereocenters. The van der Waals surface area contributed by atoms with Gasteiger partial charge in [-0.15, -0.1) is 0 Å². The quantitative estimate of drug-likeness (QED) is 0.619. The van der Waals surface area contributed by atoms with Crippen molar-refractivity contribution in [2.24, 2.45) is 7.05 Å². The number of piperidine rings is 1. The molecule has 0 amide bonds. The van der Waals surface area contributed by atoms with Crippen molar-refractivity contribution in [1.82, 2.24) is 18.8 Å². The number of imidazole rings is 1. The molecule has 0 N–H and O–H groups in total. The van der Waals surface area contributed by atoms with Gasteiger partial charge in [0, 0.05) is 55.1 Å². The molecule has 1 fully saturated rings. The van der Waals surface area contributed by atoms with Crippen molar-refractivity contribution in [1.29, 1.82) is 0 Å². The average Bonchev–Trinajstić information content (AvgIpc) is 3.17. The molecule has 152 valence electrons. The number of sulfonamides is 1. The van der Waals surface area contributed by atoms with E-state index in [0.29, 0.717) is 24.5 Å². The van der Waals surface area contributed by atoms with Gasteiger partial charge in [-0.25, -0.2) is 13.4 Å². The minimum absolute atomic E-state index is 0.0763. The Morgan fingerprint density at radius 3 is 2.69 bits per heavy atom. The van der Waals surface area contributed by atoms with E-state index in [9.17, 15) is 8.42 Å². The van der Waals surface area contributed by atoms with E-state index in [0.717, 1.165) is 29.8 Å². The van der Waals surface area contributed by atoms with E-state index < -0.39 is 10.0 Å². The summed E-state index contributed by atoms with van der Waals surface area (Å²) >= 11 is 5.96. The SMILES string of the molecule is Cn1cnc(S(=O)(=O)N2CCC[C@@H](c3cccc(Cc4ccc(Cl)cc4)n3)C2)c1. The van der Waals surface area contributed by atoms with Crippen molar-refractivity contribution in [3.8, 4) is 0 Å². The maximum Gasteiger partial charge on any atom is 0.262 e. The zero-order valence-electron chi connectivity index (χ0n) is 16.2. The molecule has 1 aromatic carbocycles. The molecule has 6 nitrogen and oxygen atoms in total. The highest BCUT2D eigenvalue weighted by molar-refractivity contribution is 7.89. The third-order valence-electron chi connectivity index (χ3n) is 5.21. The summed E-state index contributed by atoms with van der Waals surface area (Å²) in [7, 11) is -1.82. The highest BCUT2D eigenvalue weighted by Gasteiger charge is 2.32. The summed E-state index contributed by atoms with van der Waals surface area (Å²) in [6.45, 7) is 0.941. The van der Waals surface area contributed by atoms with E-state index in [1.807, 2.05) is 42.5 Å². The number of aromatic nitrogens is 3. The first-order valence-corrected chi connectivity index (χ1v) is 11.4. The van der Waals surface area contributed by atoms with Gasteiger partial charge in [0.2, 0.25) is 0 Å². The molecule has 0 saturated carbocycles. The molecule has 1 aliphatic heterocycles. The molecule has 1 atom stereocenters. The van der Waals surface area contributed by atoms with Crippen LogP contribution in [-0.4, -0.2) is 40.3 Å². The normalized spacial score (nSPS) is 18.1. The highest BCUT2D eigenvalue weighted by Crippen LogP contribution is 2.29. The lowest BCUT2D eigenvalue weighted by Crippen LogP contribution is -2.39. The van der Waals surface area contributed by atoms with Gasteiger partial charge in [0.15, 0.2) is 5.03 Å². The summed E-state index contributed by atoms with van der Waals surface area (Å²) in [4.78, 5) is 8.87. The second kappa shape index (κ2) is 8.26. The number of pyridine rings is 1. The van der Waals surface area contributed by atoms with E-state index in [2.05, 4.69) is 4.98 Å². The number of nitrogens with zero attached hydrogens (tertiary/aromatic N) is 4. The first-order chi connectivity index (χ1) is 13.9. The first-order valence-electron chi connectivity index (χ1n) is 9.60. The summed E-state index contributed by atoms with van der Waals surface area (Å²) in [5, 5.41) is 0.817. The lowest BCUT2D eigenvalue weighted by atomic mass is 9.95. The van der Waals surface area contributed by atoms with Crippen molar-refractivity contribution in [3.63, 3.8) is 0 Å². The van der Waals surface area contributed by atoms with Gasteiger partial charge in [-0.1, -0.05) is 29.8 Å². The summed E-state index contributed by atoms with van der Waals surface area (Å²) in [5.41, 5.74) is 3.05. The fourth-order valence-electron chi connectivity index (χ4n) is 3.69. The Kier molecular flexibility index (Phi) is 5.72. The molecule has 1 saturated heterocycles. The molecule has 0 bridgehead atoms. The molecular weight excluding hydrogens is 408 g/mol. The smallest absolute Gasteiger partial charge is 0.262 e. The summed E-state index contributed by atoms with van der Waals surface area (Å²) in [6.07, 6.45) is 5.50. The number of rotatable bonds is 5. The first kappa shape index (κ1) is 20.1. The zero-order chi connectivity index (χ0) is 20.4. The second-order valence-electron chi connectivity index (χ2n) is 7.44. The van der Waals surface area contributed by atoms with Gasteiger partial charge in [-0.3, -0.25) is 4.98 Å². The molecule has 4 rings (SSSR count). The van der Waals surface area contributed by atoms with Crippen LogP contribution < -0.4 is 0 Å². The number of halogens is 1. The fraction of sp³-hybridized carbons (Fsp3) is 0.333. The predicted molar refractivity (Wildman–Crippen MR) is 112 cm³/mol. The van der Waals surface area contributed by atoms with Gasteiger partial charge in [0.25, 0.3) is 10.0 Å². The molecule has 3 aromatic rings.